The minimum absolute atomic E-state index is 0. The van der Waals surface area contributed by atoms with Crippen molar-refractivity contribution in [3.05, 3.63) is 402 Å². The fourth-order valence-electron chi connectivity index (χ4n) is 11.7. The topological polar surface area (TPSA) is 158 Å². The molecule has 1 aliphatic carbocycles. The molecule has 117 heavy (non-hydrogen) atoms. The SMILES string of the molecule is CC(C)(C)C(=O)C=C(O)C(C)(C)C.CC1(C)c2cc(/C=C/c3ccc(N(c4ccccc4)c4ccccc4)cc3)ccc2-c2ccc(N(c3ccccc3)c3ccccc3)cc21.Fc1c[c-]c(-c2ccccn2)c(F)c1.Fc1c[c-]c(-n2cccn2)c(F)c1.O=C(O)c1ccccn1.OCc1ccnc(-c2[c-]cc(F)cc2F)c1.[Ir].[Ir].[Ir]. The Bertz CT molecular complexity index is 5500. The van der Waals surface area contributed by atoms with E-state index >= 15 is 0 Å². The molecule has 1 aliphatic rings. The van der Waals surface area contributed by atoms with Crippen molar-refractivity contribution in [2.24, 2.45) is 10.8 Å². The molecule has 0 aliphatic heterocycles. The van der Waals surface area contributed by atoms with Crippen molar-refractivity contribution in [2.75, 3.05) is 9.80 Å². The van der Waals surface area contributed by atoms with Crippen LogP contribution in [0.3, 0.4) is 0 Å². The van der Waals surface area contributed by atoms with Crippen LogP contribution in [0.1, 0.15) is 93.7 Å². The summed E-state index contributed by atoms with van der Waals surface area (Å²) in [6.45, 7) is 15.7. The molecule has 15 rings (SSSR count). The van der Waals surface area contributed by atoms with Crippen LogP contribution in [0.5, 0.6) is 0 Å². The summed E-state index contributed by atoms with van der Waals surface area (Å²) in [5.41, 5.74) is 15.6. The number of carboxylic acid groups (broad SMARTS) is 1. The summed E-state index contributed by atoms with van der Waals surface area (Å²) >= 11 is 0. The van der Waals surface area contributed by atoms with E-state index < -0.39 is 46.3 Å². The van der Waals surface area contributed by atoms with E-state index in [2.05, 4.69) is 256 Å². The fourth-order valence-corrected chi connectivity index (χ4v) is 11.7. The quantitative estimate of drug-likeness (QED) is 0.0313. The molecule has 0 fully saturated rings. The monoisotopic (exact) mass is 2110 g/mol. The Hall–Kier alpha value is -11.6. The van der Waals surface area contributed by atoms with E-state index in [-0.39, 0.29) is 112 Å². The number of anilines is 6. The van der Waals surface area contributed by atoms with E-state index in [1.165, 1.54) is 80.5 Å². The summed E-state index contributed by atoms with van der Waals surface area (Å²) in [6.07, 6.45) is 13.3. The number of ketones is 1. The molecule has 0 unspecified atom stereocenters. The Morgan fingerprint density at radius 3 is 1.32 bits per heavy atom. The van der Waals surface area contributed by atoms with Gasteiger partial charge in [0.25, 0.3) is 0 Å². The van der Waals surface area contributed by atoms with Crippen molar-refractivity contribution in [2.45, 2.75) is 67.4 Å². The number of nitrogens with zero attached hydrogens (tertiary/aromatic N) is 7. The van der Waals surface area contributed by atoms with Gasteiger partial charge in [0.1, 0.15) is 11.5 Å². The number of hydrogen-bond acceptors (Lipinski definition) is 10. The third-order valence-corrected chi connectivity index (χ3v) is 17.7. The number of aromatic nitrogens is 5. The molecule has 3 radical (unpaired) electrons. The summed E-state index contributed by atoms with van der Waals surface area (Å²) in [4.78, 5) is 37.7. The number of para-hydroxylation sites is 4. The molecular formula is C96H82F6Ir3N7O5-3. The van der Waals surface area contributed by atoms with Crippen molar-refractivity contribution < 1.29 is 112 Å². The van der Waals surface area contributed by atoms with Crippen LogP contribution in [0, 0.1) is 63.9 Å². The second-order valence-electron chi connectivity index (χ2n) is 28.5. The average Bonchev–Trinajstić information content (AvgIpc) is 1.58. The predicted molar refractivity (Wildman–Crippen MR) is 440 cm³/mol. The molecule has 12 nitrogen and oxygen atoms in total. The zero-order valence-corrected chi connectivity index (χ0v) is 72.0. The maximum Gasteiger partial charge on any atom is 0.354 e. The number of benzene rings is 10. The van der Waals surface area contributed by atoms with Gasteiger partial charge in [0.05, 0.1) is 6.61 Å². The van der Waals surface area contributed by atoms with E-state index in [4.69, 9.17) is 10.2 Å². The number of allylic oxidation sites excluding steroid dienone is 2. The van der Waals surface area contributed by atoms with E-state index in [1.807, 2.05) is 41.5 Å². The molecule has 0 amide bonds. The maximum atomic E-state index is 13.4. The number of pyridine rings is 3. The van der Waals surface area contributed by atoms with Gasteiger partial charge in [-0.25, -0.2) is 9.78 Å². The molecule has 0 saturated heterocycles. The molecule has 603 valence electrons. The second-order valence-corrected chi connectivity index (χ2v) is 28.5. The molecule has 0 saturated carbocycles. The van der Waals surface area contributed by atoms with Crippen LogP contribution in [0.2, 0.25) is 0 Å². The third-order valence-electron chi connectivity index (χ3n) is 17.7. The van der Waals surface area contributed by atoms with Gasteiger partial charge in [0.15, 0.2) is 5.78 Å². The van der Waals surface area contributed by atoms with Gasteiger partial charge in [-0.05, 0) is 159 Å². The number of aliphatic hydroxyl groups is 2. The summed E-state index contributed by atoms with van der Waals surface area (Å²) < 4.78 is 78.7. The molecule has 4 heterocycles. The molecule has 3 N–H and O–H groups in total. The van der Waals surface area contributed by atoms with Crippen LogP contribution in [0.25, 0.3) is 51.5 Å². The smallest absolute Gasteiger partial charge is 0.354 e. The number of hydrogen-bond donors (Lipinski definition) is 3. The predicted octanol–water partition coefficient (Wildman–Crippen LogP) is 24.1. The van der Waals surface area contributed by atoms with Crippen LogP contribution in [-0.2, 0) is 77.1 Å². The summed E-state index contributed by atoms with van der Waals surface area (Å²) in [6, 6.07) is 92.7. The van der Waals surface area contributed by atoms with Gasteiger partial charge in [0, 0.05) is 183 Å². The van der Waals surface area contributed by atoms with E-state index in [9.17, 15) is 41.0 Å². The molecule has 0 spiro atoms. The van der Waals surface area contributed by atoms with Gasteiger partial charge >= 0.3 is 5.97 Å². The number of carbonyl (C=O) groups is 2. The molecule has 0 bridgehead atoms. The zero-order valence-electron chi connectivity index (χ0n) is 64.9. The first-order valence-corrected chi connectivity index (χ1v) is 36.2. The van der Waals surface area contributed by atoms with E-state index in [0.29, 0.717) is 17.0 Å². The largest absolute Gasteiger partial charge is 0.512 e. The van der Waals surface area contributed by atoms with Crippen LogP contribution in [0.4, 0.5) is 60.5 Å². The molecule has 0 atom stereocenters. The Kier molecular flexibility index (Phi) is 34.3. The van der Waals surface area contributed by atoms with Crippen molar-refractivity contribution in [3.8, 4) is 39.3 Å². The number of carbonyl (C=O) groups excluding carboxylic acids is 1. The zero-order chi connectivity index (χ0) is 81.5. The van der Waals surface area contributed by atoms with Gasteiger partial charge in [-0.2, -0.15) is 11.2 Å². The number of rotatable bonds is 14. The van der Waals surface area contributed by atoms with Crippen LogP contribution in [0.15, 0.2) is 316 Å². The first-order valence-electron chi connectivity index (χ1n) is 36.2. The van der Waals surface area contributed by atoms with Crippen LogP contribution < -0.4 is 9.80 Å². The van der Waals surface area contributed by atoms with Crippen molar-refractivity contribution >= 4 is 58.0 Å². The second kappa shape index (κ2) is 43.4. The average molecular weight is 2100 g/mol. The molecular weight excluding hydrogens is 2020 g/mol. The first-order chi connectivity index (χ1) is 54.7. The fraction of sp³-hybridized carbons (Fsp3) is 0.125. The van der Waals surface area contributed by atoms with E-state index in [0.717, 1.165) is 64.8 Å². The van der Waals surface area contributed by atoms with Gasteiger partial charge < -0.3 is 35.1 Å². The number of aromatic carboxylic acids is 1. The molecule has 10 aromatic carbocycles. The minimum Gasteiger partial charge on any atom is -0.512 e. The molecule has 14 aromatic rings. The summed E-state index contributed by atoms with van der Waals surface area (Å²) in [7, 11) is 0. The summed E-state index contributed by atoms with van der Waals surface area (Å²) in [5, 5.41) is 30.6. The minimum atomic E-state index is -0.990. The van der Waals surface area contributed by atoms with Crippen LogP contribution in [-0.4, -0.2) is 51.8 Å². The standard InChI is InChI=1S/C47H38N2.C12H8F2NO.C11H6F2N.C11H20O2.C9H5F2N2.C6H5NO2.3Ir/c1-47(2)45-33-36(24-23-35-25-28-41(29-26-35)48(37-15-7-3-8-16-37)38-17-9-4-10-18-38)27-31-43(45)44-32-30-42(34-46(44)47)49(39-19-11-5-12-20-39)40-21-13-6-14-22-40;13-9-1-2-10(11(14)6-9)12-5-8(7-16)3-4-15-12;12-8-4-5-9(10(13)7-8)11-3-1-2-6-14-11;1-10(2,3)8(12)7-9(13)11(4,5)6;10-7-2-3-9(8(11)6-7)13-5-1-4-12-13;8-6(9)5-3-1-2-4-7-5;;;/h3-34H,1-2H3;1,3-6,16H,7H2;1-4,6-7H;7,12H,1-6H3;1-2,4-6H;1-4H,(H,8,9);;;/q;2*-1;;-1;;;;/b24-23+;;;;;;;;. The number of carboxylic acids is 1. The Morgan fingerprint density at radius 2 is 0.880 bits per heavy atom. The number of halogens is 6. The Morgan fingerprint density at radius 1 is 0.444 bits per heavy atom. The number of fused-ring (bicyclic) bond motifs is 3. The molecule has 21 heteroatoms. The molecule has 4 aromatic heterocycles. The van der Waals surface area contributed by atoms with Crippen LogP contribution >= 0.6 is 0 Å². The van der Waals surface area contributed by atoms with Gasteiger partial charge in [0.2, 0.25) is 0 Å². The third kappa shape index (κ3) is 25.4. The first kappa shape index (κ1) is 92.5. The van der Waals surface area contributed by atoms with Gasteiger partial charge in [-0.15, -0.1) is 36.4 Å². The normalized spacial score (nSPS) is 11.4. The number of aliphatic hydroxyl groups excluding tert-OH is 2. The van der Waals surface area contributed by atoms with Crippen molar-refractivity contribution in [1.29, 1.82) is 0 Å². The maximum absolute atomic E-state index is 13.4. The van der Waals surface area contributed by atoms with Gasteiger partial charge in [-0.3, -0.25) is 35.8 Å². The van der Waals surface area contributed by atoms with Crippen molar-refractivity contribution in [1.82, 2.24) is 24.7 Å². The van der Waals surface area contributed by atoms with Crippen molar-refractivity contribution in [3.63, 3.8) is 0 Å². The van der Waals surface area contributed by atoms with E-state index in [1.54, 1.807) is 54.9 Å². The Balaban J connectivity index is 0.000000226. The summed E-state index contributed by atoms with van der Waals surface area (Å²) in [5.74, 6) is -4.90. The Labute approximate surface area is 718 Å². The van der Waals surface area contributed by atoms with Gasteiger partial charge in [-0.1, -0.05) is 224 Å².